The number of hydrogen-bond acceptors (Lipinski definition) is 5. The van der Waals surface area contributed by atoms with Crippen molar-refractivity contribution >= 4 is 5.91 Å². The van der Waals surface area contributed by atoms with Gasteiger partial charge in [0.2, 0.25) is 0 Å². The average molecular weight is 402 g/mol. The Morgan fingerprint density at radius 2 is 2.03 bits per heavy atom. The van der Waals surface area contributed by atoms with E-state index < -0.39 is 5.60 Å². The van der Waals surface area contributed by atoms with Crippen LogP contribution in [0, 0.1) is 0 Å². The van der Waals surface area contributed by atoms with Gasteiger partial charge in [-0.2, -0.15) is 0 Å². The maximum atomic E-state index is 13.0. The third-order valence-corrected chi connectivity index (χ3v) is 5.43. The van der Waals surface area contributed by atoms with Crippen LogP contribution in [-0.4, -0.2) is 53.1 Å². The highest BCUT2D eigenvalue weighted by Gasteiger charge is 2.43. The standard InChI is InChI=1S/C24H26N4O2/c1-25-23(29)24(18-28(12-13-30-24)17-22-9-2-3-11-27-22)15-19-6-4-7-20(14-19)21-8-5-10-26-16-21/h2-11,14,16H,12-13,15,17-18H2,1H3,(H,25,29). The molecule has 1 amide bonds. The molecule has 0 spiro atoms. The van der Waals surface area contributed by atoms with E-state index in [1.807, 2.05) is 48.7 Å². The van der Waals surface area contributed by atoms with E-state index in [1.54, 1.807) is 19.4 Å². The van der Waals surface area contributed by atoms with Crippen LogP contribution in [0.25, 0.3) is 11.1 Å². The molecule has 0 bridgehead atoms. The molecule has 0 radical (unpaired) electrons. The van der Waals surface area contributed by atoms with E-state index in [2.05, 4.69) is 32.3 Å². The van der Waals surface area contributed by atoms with Crippen molar-refractivity contribution in [2.45, 2.75) is 18.6 Å². The zero-order valence-electron chi connectivity index (χ0n) is 17.1. The monoisotopic (exact) mass is 402 g/mol. The van der Waals surface area contributed by atoms with Gasteiger partial charge in [0.15, 0.2) is 5.60 Å². The molecule has 1 saturated heterocycles. The molecule has 0 aliphatic carbocycles. The Balaban J connectivity index is 1.57. The SMILES string of the molecule is CNC(=O)C1(Cc2cccc(-c3cccnc3)c2)CN(Cc2ccccn2)CCO1. The average Bonchev–Trinajstić information content (AvgIpc) is 2.80. The number of rotatable bonds is 6. The number of pyridine rings is 2. The molecule has 30 heavy (non-hydrogen) atoms. The first kappa shape index (κ1) is 20.2. The van der Waals surface area contributed by atoms with Gasteiger partial charge in [-0.3, -0.25) is 19.7 Å². The molecule has 1 aliphatic rings. The van der Waals surface area contributed by atoms with Crippen molar-refractivity contribution in [3.8, 4) is 11.1 Å². The topological polar surface area (TPSA) is 67.4 Å². The van der Waals surface area contributed by atoms with Gasteiger partial charge in [-0.25, -0.2) is 0 Å². The Hall–Kier alpha value is -3.09. The number of carbonyl (C=O) groups is 1. The van der Waals surface area contributed by atoms with Crippen LogP contribution in [0.5, 0.6) is 0 Å². The maximum Gasteiger partial charge on any atom is 0.253 e. The Kier molecular flexibility index (Phi) is 6.16. The van der Waals surface area contributed by atoms with E-state index >= 15 is 0 Å². The zero-order valence-corrected chi connectivity index (χ0v) is 17.1. The summed E-state index contributed by atoms with van der Waals surface area (Å²) in [6.45, 7) is 2.48. The van der Waals surface area contributed by atoms with Crippen molar-refractivity contribution in [2.75, 3.05) is 26.7 Å². The summed E-state index contributed by atoms with van der Waals surface area (Å²) in [6, 6.07) is 18.1. The number of nitrogens with one attached hydrogen (secondary N) is 1. The van der Waals surface area contributed by atoms with E-state index in [4.69, 9.17) is 4.74 Å². The molecule has 1 N–H and O–H groups in total. The van der Waals surface area contributed by atoms with Crippen LogP contribution in [0.2, 0.25) is 0 Å². The minimum absolute atomic E-state index is 0.0972. The molecule has 6 heteroatoms. The van der Waals surface area contributed by atoms with Gasteiger partial charge >= 0.3 is 0 Å². The molecule has 1 fully saturated rings. The lowest BCUT2D eigenvalue weighted by molar-refractivity contribution is -0.160. The number of benzene rings is 1. The number of likely N-dealkylation sites (N-methyl/N-ethyl adjacent to an activating group) is 1. The van der Waals surface area contributed by atoms with Gasteiger partial charge in [-0.05, 0) is 34.9 Å². The molecule has 3 heterocycles. The van der Waals surface area contributed by atoms with Crippen LogP contribution in [0.15, 0.2) is 73.2 Å². The molecular formula is C24H26N4O2. The third-order valence-electron chi connectivity index (χ3n) is 5.43. The van der Waals surface area contributed by atoms with Crippen LogP contribution >= 0.6 is 0 Å². The summed E-state index contributed by atoms with van der Waals surface area (Å²) in [7, 11) is 1.66. The molecule has 6 nitrogen and oxygen atoms in total. The fourth-order valence-corrected chi connectivity index (χ4v) is 3.99. The number of ether oxygens (including phenoxy) is 1. The molecule has 2 aromatic heterocycles. The second-order valence-corrected chi connectivity index (χ2v) is 7.57. The number of morpholine rings is 1. The van der Waals surface area contributed by atoms with Crippen LogP contribution in [-0.2, 0) is 22.5 Å². The van der Waals surface area contributed by atoms with E-state index in [1.165, 1.54) is 0 Å². The lowest BCUT2D eigenvalue weighted by Gasteiger charge is -2.41. The lowest BCUT2D eigenvalue weighted by atomic mass is 9.90. The Labute approximate surface area is 176 Å². The minimum Gasteiger partial charge on any atom is -0.362 e. The van der Waals surface area contributed by atoms with Crippen molar-refractivity contribution in [2.24, 2.45) is 0 Å². The number of aromatic nitrogens is 2. The number of amides is 1. The third kappa shape index (κ3) is 4.56. The van der Waals surface area contributed by atoms with Crippen molar-refractivity contribution in [1.82, 2.24) is 20.2 Å². The summed E-state index contributed by atoms with van der Waals surface area (Å²) in [5.41, 5.74) is 3.24. The van der Waals surface area contributed by atoms with Crippen molar-refractivity contribution < 1.29 is 9.53 Å². The summed E-state index contributed by atoms with van der Waals surface area (Å²) >= 11 is 0. The van der Waals surface area contributed by atoms with Gasteiger partial charge < -0.3 is 10.1 Å². The molecule has 0 saturated carbocycles. The highest BCUT2D eigenvalue weighted by Crippen LogP contribution is 2.27. The summed E-state index contributed by atoms with van der Waals surface area (Å²) < 4.78 is 6.15. The summed E-state index contributed by atoms with van der Waals surface area (Å²) in [6.07, 6.45) is 5.91. The van der Waals surface area contributed by atoms with Crippen LogP contribution < -0.4 is 5.32 Å². The second-order valence-electron chi connectivity index (χ2n) is 7.57. The predicted molar refractivity (Wildman–Crippen MR) is 116 cm³/mol. The molecule has 1 unspecified atom stereocenters. The minimum atomic E-state index is -0.935. The first-order chi connectivity index (χ1) is 14.7. The van der Waals surface area contributed by atoms with E-state index in [0.717, 1.165) is 28.9 Å². The second kappa shape index (κ2) is 9.15. The van der Waals surface area contributed by atoms with Crippen molar-refractivity contribution in [3.05, 3.63) is 84.4 Å². The summed E-state index contributed by atoms with van der Waals surface area (Å²) in [5.74, 6) is -0.0972. The van der Waals surface area contributed by atoms with Gasteiger partial charge in [-0.15, -0.1) is 0 Å². The normalized spacial score (nSPS) is 19.4. The number of carbonyl (C=O) groups excluding carboxylic acids is 1. The van der Waals surface area contributed by atoms with Crippen molar-refractivity contribution in [3.63, 3.8) is 0 Å². The van der Waals surface area contributed by atoms with Gasteiger partial charge in [0.1, 0.15) is 0 Å². The van der Waals surface area contributed by atoms with Crippen LogP contribution in [0.3, 0.4) is 0 Å². The van der Waals surface area contributed by atoms with Crippen LogP contribution in [0.1, 0.15) is 11.3 Å². The predicted octanol–water partition coefficient (Wildman–Crippen LogP) is 2.70. The number of hydrogen-bond donors (Lipinski definition) is 1. The molecule has 1 atom stereocenters. The van der Waals surface area contributed by atoms with Crippen LogP contribution in [0.4, 0.5) is 0 Å². The first-order valence-corrected chi connectivity index (χ1v) is 10.2. The largest absolute Gasteiger partial charge is 0.362 e. The van der Waals surface area contributed by atoms with Crippen molar-refractivity contribution in [1.29, 1.82) is 0 Å². The smallest absolute Gasteiger partial charge is 0.253 e. The van der Waals surface area contributed by atoms with Gasteiger partial charge in [0.25, 0.3) is 5.91 Å². The van der Waals surface area contributed by atoms with E-state index in [0.29, 0.717) is 26.1 Å². The summed E-state index contributed by atoms with van der Waals surface area (Å²) in [4.78, 5) is 23.8. The fourth-order valence-electron chi connectivity index (χ4n) is 3.99. The molecule has 1 aromatic carbocycles. The molecule has 1 aliphatic heterocycles. The first-order valence-electron chi connectivity index (χ1n) is 10.2. The Morgan fingerprint density at radius 1 is 1.13 bits per heavy atom. The van der Waals surface area contributed by atoms with Gasteiger partial charge in [0, 0.05) is 51.7 Å². The number of nitrogens with zero attached hydrogens (tertiary/aromatic N) is 3. The Morgan fingerprint density at radius 3 is 2.80 bits per heavy atom. The van der Waals surface area contributed by atoms with E-state index in [9.17, 15) is 4.79 Å². The molecular weight excluding hydrogens is 376 g/mol. The summed E-state index contributed by atoms with van der Waals surface area (Å²) in [5, 5.41) is 2.81. The fraction of sp³-hybridized carbons (Fsp3) is 0.292. The highest BCUT2D eigenvalue weighted by atomic mass is 16.5. The van der Waals surface area contributed by atoms with Gasteiger partial charge in [-0.1, -0.05) is 36.4 Å². The Bertz CT molecular complexity index is 981. The molecule has 4 rings (SSSR count). The zero-order chi connectivity index (χ0) is 20.8. The lowest BCUT2D eigenvalue weighted by Crippen LogP contribution is -2.60. The molecule has 3 aromatic rings. The maximum absolute atomic E-state index is 13.0. The quantitative estimate of drug-likeness (QED) is 0.687. The highest BCUT2D eigenvalue weighted by molar-refractivity contribution is 5.86. The van der Waals surface area contributed by atoms with Gasteiger partial charge in [0.05, 0.1) is 12.3 Å². The van der Waals surface area contributed by atoms with E-state index in [-0.39, 0.29) is 5.91 Å². The molecule has 154 valence electrons.